The van der Waals surface area contributed by atoms with E-state index < -0.39 is 0 Å². The predicted octanol–water partition coefficient (Wildman–Crippen LogP) is 0.769. The van der Waals surface area contributed by atoms with Crippen LogP contribution in [-0.4, -0.2) is 41.4 Å². The zero-order valence-electron chi connectivity index (χ0n) is 10.6. The number of hydrogen-bond acceptors (Lipinski definition) is 5. The van der Waals surface area contributed by atoms with E-state index in [1.807, 2.05) is 6.92 Å². The summed E-state index contributed by atoms with van der Waals surface area (Å²) >= 11 is 0. The molecule has 0 saturated carbocycles. The molecule has 17 heavy (non-hydrogen) atoms. The normalized spacial score (nSPS) is 19.4. The molecule has 0 radical (unpaired) electrons. The standard InChI is InChI=1S/C11H21N5O/c1-3-17-10-13-9(14-15-10)16-6-4-11(2,8-12)5-7-16/h3-8,12H2,1-2H3,(H,13,14,15). The van der Waals surface area contributed by atoms with Gasteiger partial charge in [-0.1, -0.05) is 6.92 Å². The molecule has 1 aliphatic heterocycles. The molecule has 1 aromatic heterocycles. The number of piperidine rings is 1. The third-order valence-corrected chi connectivity index (χ3v) is 3.49. The van der Waals surface area contributed by atoms with Crippen molar-refractivity contribution in [1.82, 2.24) is 15.2 Å². The van der Waals surface area contributed by atoms with Gasteiger partial charge in [0.2, 0.25) is 5.95 Å². The summed E-state index contributed by atoms with van der Waals surface area (Å²) in [6.45, 7) is 7.44. The lowest BCUT2D eigenvalue weighted by Crippen LogP contribution is -2.42. The van der Waals surface area contributed by atoms with Gasteiger partial charge in [-0.05, 0) is 31.7 Å². The fourth-order valence-electron chi connectivity index (χ4n) is 2.04. The number of ether oxygens (including phenoxy) is 1. The van der Waals surface area contributed by atoms with Gasteiger partial charge >= 0.3 is 6.01 Å². The number of nitrogens with zero attached hydrogens (tertiary/aromatic N) is 3. The van der Waals surface area contributed by atoms with Crippen LogP contribution in [0.3, 0.4) is 0 Å². The van der Waals surface area contributed by atoms with Gasteiger partial charge in [0.15, 0.2) is 0 Å². The average molecular weight is 239 g/mol. The van der Waals surface area contributed by atoms with Gasteiger partial charge in [0, 0.05) is 13.1 Å². The Kier molecular flexibility index (Phi) is 3.51. The van der Waals surface area contributed by atoms with E-state index in [1.165, 1.54) is 0 Å². The van der Waals surface area contributed by atoms with Gasteiger partial charge in [-0.3, -0.25) is 0 Å². The van der Waals surface area contributed by atoms with Gasteiger partial charge in [-0.2, -0.15) is 4.98 Å². The highest BCUT2D eigenvalue weighted by Gasteiger charge is 2.29. The monoisotopic (exact) mass is 239 g/mol. The number of anilines is 1. The largest absolute Gasteiger partial charge is 0.463 e. The van der Waals surface area contributed by atoms with Crippen LogP contribution in [0.1, 0.15) is 26.7 Å². The van der Waals surface area contributed by atoms with E-state index in [9.17, 15) is 0 Å². The maximum Gasteiger partial charge on any atom is 0.337 e. The van der Waals surface area contributed by atoms with Crippen LogP contribution in [0.2, 0.25) is 0 Å². The zero-order chi connectivity index (χ0) is 12.3. The smallest absolute Gasteiger partial charge is 0.337 e. The second-order valence-corrected chi connectivity index (χ2v) is 4.88. The van der Waals surface area contributed by atoms with E-state index >= 15 is 0 Å². The molecular weight excluding hydrogens is 218 g/mol. The van der Waals surface area contributed by atoms with Gasteiger partial charge in [0.05, 0.1) is 6.61 Å². The predicted molar refractivity (Wildman–Crippen MR) is 66.2 cm³/mol. The fraction of sp³-hybridized carbons (Fsp3) is 0.818. The summed E-state index contributed by atoms with van der Waals surface area (Å²) in [6.07, 6.45) is 2.18. The summed E-state index contributed by atoms with van der Waals surface area (Å²) in [4.78, 5) is 6.50. The first-order valence-corrected chi connectivity index (χ1v) is 6.17. The van der Waals surface area contributed by atoms with Crippen LogP contribution in [0, 0.1) is 5.41 Å². The molecule has 0 spiro atoms. The van der Waals surface area contributed by atoms with Crippen molar-refractivity contribution in [3.63, 3.8) is 0 Å². The lowest BCUT2D eigenvalue weighted by atomic mass is 9.81. The number of aromatic nitrogens is 3. The van der Waals surface area contributed by atoms with Gasteiger partial charge in [0.25, 0.3) is 0 Å². The molecule has 1 fully saturated rings. The molecule has 6 nitrogen and oxygen atoms in total. The molecular formula is C11H21N5O. The molecule has 0 unspecified atom stereocenters. The van der Waals surface area contributed by atoms with Crippen LogP contribution in [0.15, 0.2) is 0 Å². The van der Waals surface area contributed by atoms with Gasteiger partial charge < -0.3 is 15.4 Å². The van der Waals surface area contributed by atoms with E-state index in [4.69, 9.17) is 10.5 Å². The molecule has 1 aromatic rings. The lowest BCUT2D eigenvalue weighted by molar-refractivity contribution is 0.257. The van der Waals surface area contributed by atoms with E-state index in [0.29, 0.717) is 12.6 Å². The second kappa shape index (κ2) is 4.91. The summed E-state index contributed by atoms with van der Waals surface area (Å²) in [6, 6.07) is 0.426. The molecule has 2 heterocycles. The van der Waals surface area contributed by atoms with E-state index in [1.54, 1.807) is 0 Å². The van der Waals surface area contributed by atoms with Gasteiger partial charge in [-0.25, -0.2) is 5.10 Å². The number of rotatable bonds is 4. The Morgan fingerprint density at radius 1 is 1.47 bits per heavy atom. The first-order chi connectivity index (χ1) is 8.17. The maximum atomic E-state index is 5.79. The molecule has 0 aromatic carbocycles. The van der Waals surface area contributed by atoms with Crippen LogP contribution < -0.4 is 15.4 Å². The topological polar surface area (TPSA) is 80.1 Å². The van der Waals surface area contributed by atoms with E-state index in [0.717, 1.165) is 38.4 Å². The number of nitrogens with two attached hydrogens (primary N) is 1. The van der Waals surface area contributed by atoms with Crippen molar-refractivity contribution in [2.75, 3.05) is 31.1 Å². The molecule has 3 N–H and O–H groups in total. The van der Waals surface area contributed by atoms with Gasteiger partial charge in [0.1, 0.15) is 0 Å². The molecule has 0 aliphatic carbocycles. The minimum absolute atomic E-state index is 0.277. The van der Waals surface area contributed by atoms with Crippen LogP contribution in [0.5, 0.6) is 6.01 Å². The van der Waals surface area contributed by atoms with Crippen molar-refractivity contribution in [3.05, 3.63) is 0 Å². The molecule has 0 atom stereocenters. The highest BCUT2D eigenvalue weighted by molar-refractivity contribution is 5.30. The Morgan fingerprint density at radius 2 is 2.18 bits per heavy atom. The molecule has 96 valence electrons. The third-order valence-electron chi connectivity index (χ3n) is 3.49. The Balaban J connectivity index is 1.95. The Morgan fingerprint density at radius 3 is 2.76 bits per heavy atom. The van der Waals surface area contributed by atoms with Crippen molar-refractivity contribution in [1.29, 1.82) is 0 Å². The summed E-state index contributed by atoms with van der Waals surface area (Å²) in [5.74, 6) is 0.799. The Hall–Kier alpha value is -1.30. The SMILES string of the molecule is CCOc1n[nH]c(N2CCC(C)(CN)CC2)n1. The van der Waals surface area contributed by atoms with Crippen LogP contribution in [0.25, 0.3) is 0 Å². The number of hydrogen-bond donors (Lipinski definition) is 2. The highest BCUT2D eigenvalue weighted by atomic mass is 16.5. The fourth-order valence-corrected chi connectivity index (χ4v) is 2.04. The molecule has 1 aliphatic rings. The van der Waals surface area contributed by atoms with Crippen molar-refractivity contribution in [3.8, 4) is 6.01 Å². The second-order valence-electron chi connectivity index (χ2n) is 4.88. The van der Waals surface area contributed by atoms with Crippen molar-refractivity contribution < 1.29 is 4.74 Å². The van der Waals surface area contributed by atoms with E-state index in [-0.39, 0.29) is 5.41 Å². The molecule has 0 amide bonds. The summed E-state index contributed by atoms with van der Waals surface area (Å²) in [5, 5.41) is 6.93. The Bertz CT molecular complexity index is 356. The quantitative estimate of drug-likeness (QED) is 0.811. The molecule has 1 saturated heterocycles. The maximum absolute atomic E-state index is 5.79. The van der Waals surface area contributed by atoms with Crippen molar-refractivity contribution in [2.45, 2.75) is 26.7 Å². The number of nitrogens with one attached hydrogen (secondary N) is 1. The van der Waals surface area contributed by atoms with E-state index in [2.05, 4.69) is 27.0 Å². The van der Waals surface area contributed by atoms with Crippen LogP contribution in [0.4, 0.5) is 5.95 Å². The molecule has 0 bridgehead atoms. The molecule has 2 rings (SSSR count). The first-order valence-electron chi connectivity index (χ1n) is 6.17. The van der Waals surface area contributed by atoms with Crippen LogP contribution >= 0.6 is 0 Å². The molecule has 6 heteroatoms. The summed E-state index contributed by atoms with van der Waals surface area (Å²) < 4.78 is 5.24. The minimum atomic E-state index is 0.277. The highest BCUT2D eigenvalue weighted by Crippen LogP contribution is 2.30. The summed E-state index contributed by atoms with van der Waals surface area (Å²) in [7, 11) is 0. The summed E-state index contributed by atoms with van der Waals surface area (Å²) in [5.41, 5.74) is 6.07. The minimum Gasteiger partial charge on any atom is -0.463 e. The van der Waals surface area contributed by atoms with Crippen molar-refractivity contribution in [2.24, 2.45) is 11.1 Å². The third kappa shape index (κ3) is 2.69. The average Bonchev–Trinajstić information content (AvgIpc) is 2.79. The zero-order valence-corrected chi connectivity index (χ0v) is 10.6. The van der Waals surface area contributed by atoms with Crippen LogP contribution in [-0.2, 0) is 0 Å². The first kappa shape index (κ1) is 12.2. The van der Waals surface area contributed by atoms with Gasteiger partial charge in [-0.15, -0.1) is 5.10 Å². The Labute approximate surface area is 102 Å². The van der Waals surface area contributed by atoms with Crippen molar-refractivity contribution >= 4 is 5.95 Å². The number of aromatic amines is 1. The lowest BCUT2D eigenvalue weighted by Gasteiger charge is -2.38. The number of H-pyrrole nitrogens is 1.